The van der Waals surface area contributed by atoms with Gasteiger partial charge >= 0.3 is 0 Å². The third-order valence-corrected chi connectivity index (χ3v) is 5.67. The fraction of sp³-hybridized carbons (Fsp3) is 0. The summed E-state index contributed by atoms with van der Waals surface area (Å²) in [5.41, 5.74) is 8.43. The minimum Gasteiger partial charge on any atom is -0.383 e. The number of aromatic nitrogens is 9. The summed E-state index contributed by atoms with van der Waals surface area (Å²) in [6, 6.07) is 28.1. The minimum absolute atomic E-state index is 0.00577. The van der Waals surface area contributed by atoms with Crippen molar-refractivity contribution >= 4 is 41.5 Å². The highest BCUT2D eigenvalue weighted by molar-refractivity contribution is 6.07. The molecule has 15 nitrogen and oxygen atoms in total. The van der Waals surface area contributed by atoms with E-state index in [0.717, 1.165) is 11.1 Å². The Bertz CT molecular complexity index is 1730. The Labute approximate surface area is 238 Å². The first-order valence-electron chi connectivity index (χ1n) is 12.6. The summed E-state index contributed by atoms with van der Waals surface area (Å²) in [6.07, 6.45) is 0. The molecule has 0 saturated carbocycles. The summed E-state index contributed by atoms with van der Waals surface area (Å²) in [5.74, 6) is 1.63. The Balaban J connectivity index is 1.26. The quantitative estimate of drug-likeness (QED) is 0.106. The molecule has 42 heavy (non-hydrogen) atoms. The molecule has 0 aliphatic rings. The van der Waals surface area contributed by atoms with Gasteiger partial charge in [0.15, 0.2) is 11.6 Å². The molecule has 15 heteroatoms. The van der Waals surface area contributed by atoms with Crippen molar-refractivity contribution in [2.45, 2.75) is 0 Å². The van der Waals surface area contributed by atoms with E-state index in [-0.39, 0.29) is 35.6 Å². The lowest BCUT2D eigenvalue weighted by atomic mass is 10.2. The van der Waals surface area contributed by atoms with Crippen LogP contribution < -0.4 is 21.7 Å². The molecule has 6 aromatic rings. The Morgan fingerprint density at radius 3 is 1.98 bits per heavy atom. The molecule has 3 heterocycles. The molecule has 206 valence electrons. The summed E-state index contributed by atoms with van der Waals surface area (Å²) in [4.78, 5) is 26.1. The second-order valence-electron chi connectivity index (χ2n) is 8.64. The van der Waals surface area contributed by atoms with Crippen LogP contribution >= 0.6 is 0 Å². The summed E-state index contributed by atoms with van der Waals surface area (Å²) < 4.78 is 0. The lowest BCUT2D eigenvalue weighted by Gasteiger charge is -2.09. The third-order valence-electron chi connectivity index (χ3n) is 5.67. The topological polar surface area (TPSA) is 220 Å². The molecule has 0 aliphatic heterocycles. The van der Waals surface area contributed by atoms with Crippen molar-refractivity contribution in [3.8, 4) is 22.8 Å². The number of amidine groups is 1. The van der Waals surface area contributed by atoms with Gasteiger partial charge in [-0.15, -0.1) is 5.10 Å². The lowest BCUT2D eigenvalue weighted by molar-refractivity contribution is 1.03. The van der Waals surface area contributed by atoms with Crippen LogP contribution in [0.15, 0.2) is 96.0 Å². The van der Waals surface area contributed by atoms with Crippen LogP contribution in [0.5, 0.6) is 0 Å². The van der Waals surface area contributed by atoms with Crippen LogP contribution in [0.2, 0.25) is 0 Å². The summed E-state index contributed by atoms with van der Waals surface area (Å²) in [6.45, 7) is 0. The Morgan fingerprint density at radius 1 is 0.643 bits per heavy atom. The van der Waals surface area contributed by atoms with Gasteiger partial charge in [0.25, 0.3) is 0 Å². The number of benzene rings is 3. The minimum atomic E-state index is -0.283. The molecule has 0 radical (unpaired) electrons. The van der Waals surface area contributed by atoms with Crippen molar-refractivity contribution in [3.05, 3.63) is 96.6 Å². The predicted molar refractivity (Wildman–Crippen MR) is 159 cm³/mol. The number of aromatic amines is 2. The highest BCUT2D eigenvalue weighted by atomic mass is 15.4. The fourth-order valence-electron chi connectivity index (χ4n) is 3.75. The Hall–Kier alpha value is -6.51. The van der Waals surface area contributed by atoms with Crippen LogP contribution in [0.1, 0.15) is 5.56 Å². The number of hydrogen-bond donors (Lipinski definition) is 7. The van der Waals surface area contributed by atoms with E-state index in [1.165, 1.54) is 0 Å². The number of aliphatic imine (C=N–C) groups is 1. The molecular weight excluding hydrogens is 534 g/mol. The molecule has 0 saturated heterocycles. The molecule has 0 unspecified atom stereocenters. The standard InChI is InChI=1S/C27H23N15/c28-19(16-10-4-1-5-11-16)30-22(29)33-23-34-24(37-26-31-20(39-41-26)17-12-6-2-7-13-17)36-25(35-23)38-27-32-21(40-42-27)18-14-8-3-9-15-18/h1-15H,(H8,28,29,30,31,32,33,34,35,36,37,38,39,40,41,42). The number of nitrogens with two attached hydrogens (primary N) is 1. The molecule has 0 spiro atoms. The molecule has 0 atom stereocenters. The van der Waals surface area contributed by atoms with Gasteiger partial charge in [-0.1, -0.05) is 91.0 Å². The monoisotopic (exact) mass is 557 g/mol. The van der Waals surface area contributed by atoms with Gasteiger partial charge in [0.05, 0.1) is 0 Å². The zero-order valence-electron chi connectivity index (χ0n) is 21.8. The largest absolute Gasteiger partial charge is 0.383 e. The maximum atomic E-state index is 8.31. The van der Waals surface area contributed by atoms with Crippen molar-refractivity contribution in [2.75, 3.05) is 16.0 Å². The fourth-order valence-corrected chi connectivity index (χ4v) is 3.75. The lowest BCUT2D eigenvalue weighted by Crippen LogP contribution is -2.20. The predicted octanol–water partition coefficient (Wildman–Crippen LogP) is 3.68. The van der Waals surface area contributed by atoms with Crippen LogP contribution in [0, 0.1) is 5.41 Å². The van der Waals surface area contributed by atoms with E-state index in [9.17, 15) is 0 Å². The summed E-state index contributed by atoms with van der Waals surface area (Å²) in [5, 5.41) is 31.1. The van der Waals surface area contributed by atoms with Crippen molar-refractivity contribution in [1.82, 2.24) is 45.3 Å². The van der Waals surface area contributed by atoms with E-state index in [0.29, 0.717) is 23.2 Å². The summed E-state index contributed by atoms with van der Waals surface area (Å²) >= 11 is 0. The molecule has 0 aliphatic carbocycles. The van der Waals surface area contributed by atoms with Gasteiger partial charge < -0.3 is 5.73 Å². The van der Waals surface area contributed by atoms with Gasteiger partial charge in [-0.3, -0.25) is 26.5 Å². The number of rotatable bonds is 8. The van der Waals surface area contributed by atoms with Gasteiger partial charge in [0.1, 0.15) is 5.84 Å². The van der Waals surface area contributed by atoms with Crippen molar-refractivity contribution in [2.24, 2.45) is 10.7 Å². The van der Waals surface area contributed by atoms with Crippen LogP contribution in [-0.2, 0) is 0 Å². The Kier molecular flexibility index (Phi) is 7.18. The normalized spacial score (nSPS) is 11.2. The van der Waals surface area contributed by atoms with Crippen LogP contribution in [0.4, 0.5) is 29.7 Å². The van der Waals surface area contributed by atoms with Crippen molar-refractivity contribution < 1.29 is 0 Å². The van der Waals surface area contributed by atoms with E-state index in [1.54, 1.807) is 12.1 Å². The highest BCUT2D eigenvalue weighted by Crippen LogP contribution is 2.20. The van der Waals surface area contributed by atoms with Crippen LogP contribution in [-0.4, -0.2) is 57.1 Å². The first kappa shape index (κ1) is 25.8. The van der Waals surface area contributed by atoms with Gasteiger partial charge in [-0.2, -0.15) is 35.0 Å². The Morgan fingerprint density at radius 2 is 1.26 bits per heavy atom. The molecule has 0 amide bonds. The maximum absolute atomic E-state index is 8.31. The molecule has 6 rings (SSSR count). The molecule has 0 bridgehead atoms. The average molecular weight is 558 g/mol. The SMILES string of the molecule is N=C(/N=C(\N)c1ccccc1)Nc1nc(Nc2n[nH]c(-c3ccccc3)n2)nc(Nc2nc(-c3ccccc3)n[nH]2)n1. The van der Waals surface area contributed by atoms with Crippen LogP contribution in [0.3, 0.4) is 0 Å². The number of anilines is 5. The molecule has 8 N–H and O–H groups in total. The summed E-state index contributed by atoms with van der Waals surface area (Å²) in [7, 11) is 0. The first-order valence-corrected chi connectivity index (χ1v) is 12.6. The van der Waals surface area contributed by atoms with E-state index in [4.69, 9.17) is 11.1 Å². The highest BCUT2D eigenvalue weighted by Gasteiger charge is 2.14. The van der Waals surface area contributed by atoms with Crippen molar-refractivity contribution in [1.29, 1.82) is 5.41 Å². The zero-order valence-corrected chi connectivity index (χ0v) is 21.8. The van der Waals surface area contributed by atoms with E-state index in [2.05, 4.69) is 66.3 Å². The third kappa shape index (κ3) is 6.20. The second kappa shape index (κ2) is 11.7. The number of nitrogens with one attached hydrogen (secondary N) is 6. The van der Waals surface area contributed by atoms with E-state index >= 15 is 0 Å². The zero-order chi connectivity index (χ0) is 28.7. The number of hydrogen-bond acceptors (Lipinski definition) is 10. The average Bonchev–Trinajstić information content (AvgIpc) is 3.68. The van der Waals surface area contributed by atoms with E-state index in [1.807, 2.05) is 78.9 Å². The van der Waals surface area contributed by atoms with Gasteiger partial charge in [0, 0.05) is 16.7 Å². The maximum Gasteiger partial charge on any atom is 0.249 e. The van der Waals surface area contributed by atoms with Crippen LogP contribution in [0.25, 0.3) is 22.8 Å². The van der Waals surface area contributed by atoms with Crippen molar-refractivity contribution in [3.63, 3.8) is 0 Å². The second-order valence-corrected chi connectivity index (χ2v) is 8.64. The van der Waals surface area contributed by atoms with E-state index < -0.39 is 0 Å². The molecule has 0 fully saturated rings. The molecule has 3 aromatic carbocycles. The smallest absolute Gasteiger partial charge is 0.249 e. The first-order chi connectivity index (χ1) is 20.6. The van der Waals surface area contributed by atoms with Gasteiger partial charge in [0.2, 0.25) is 35.7 Å². The van der Waals surface area contributed by atoms with Gasteiger partial charge in [-0.25, -0.2) is 5.10 Å². The molecule has 3 aromatic heterocycles. The molecular formula is C27H23N15. The number of guanidine groups is 1. The number of nitrogens with zero attached hydrogens (tertiary/aromatic N) is 8. The number of H-pyrrole nitrogens is 2. The van der Waals surface area contributed by atoms with Gasteiger partial charge in [-0.05, 0) is 0 Å².